The minimum Gasteiger partial charge on any atom is -0.220 e. The molecule has 0 spiro atoms. The van der Waals surface area contributed by atoms with Gasteiger partial charge in [-0.2, -0.15) is 0 Å². The molecule has 1 aromatic carbocycles. The monoisotopic (exact) mass is 332 g/mol. The highest BCUT2D eigenvalue weighted by Crippen LogP contribution is 2.29. The Morgan fingerprint density at radius 1 is 1.10 bits per heavy atom. The van der Waals surface area contributed by atoms with Gasteiger partial charge >= 0.3 is 0 Å². The van der Waals surface area contributed by atoms with Gasteiger partial charge in [-0.3, -0.25) is 0 Å². The van der Waals surface area contributed by atoms with E-state index in [9.17, 15) is 4.39 Å². The molecule has 0 fully saturated rings. The quantitative estimate of drug-likeness (QED) is 0.713. The molecule has 0 amide bonds. The Labute approximate surface area is 131 Å². The molecule has 20 heavy (non-hydrogen) atoms. The van der Waals surface area contributed by atoms with E-state index in [1.807, 2.05) is 13.8 Å². The maximum Gasteiger partial charge on any atom is 0.145 e. The van der Waals surface area contributed by atoms with E-state index in [4.69, 9.17) is 34.8 Å². The van der Waals surface area contributed by atoms with Gasteiger partial charge in [-0.05, 0) is 17.5 Å². The highest BCUT2D eigenvalue weighted by atomic mass is 35.5. The van der Waals surface area contributed by atoms with Crippen LogP contribution in [0.3, 0.4) is 0 Å². The maximum atomic E-state index is 13.8. The lowest BCUT2D eigenvalue weighted by molar-refractivity contribution is 0.612. The summed E-state index contributed by atoms with van der Waals surface area (Å²) in [5.74, 6) is 0.00969. The Balaban J connectivity index is 2.38. The predicted octanol–water partition coefficient (Wildman–Crippen LogP) is 5.29. The van der Waals surface area contributed by atoms with Gasteiger partial charge in [0.15, 0.2) is 0 Å². The minimum absolute atomic E-state index is 0.0681. The first-order chi connectivity index (χ1) is 9.40. The first-order valence-electron chi connectivity index (χ1n) is 6.04. The van der Waals surface area contributed by atoms with E-state index in [-0.39, 0.29) is 17.4 Å². The standard InChI is InChI=1S/C14H12Cl3FN2/c1-7(2)11-13(16)19-10(20-14(11)17)6-8-4-3-5-9(15)12(8)18/h3-5,7H,6H2,1-2H3. The number of nitrogens with zero attached hydrogens (tertiary/aromatic N) is 2. The molecule has 0 N–H and O–H groups in total. The Morgan fingerprint density at radius 3 is 2.25 bits per heavy atom. The summed E-state index contributed by atoms with van der Waals surface area (Å²) in [6.45, 7) is 3.90. The van der Waals surface area contributed by atoms with Gasteiger partial charge in [0, 0.05) is 12.0 Å². The third-order valence-corrected chi connectivity index (χ3v) is 3.72. The Bertz CT molecular complexity index is 621. The van der Waals surface area contributed by atoms with Crippen LogP contribution in [0.4, 0.5) is 4.39 Å². The molecule has 2 rings (SSSR count). The van der Waals surface area contributed by atoms with Crippen molar-refractivity contribution in [3.8, 4) is 0 Å². The Hall–Kier alpha value is -0.900. The molecule has 0 aliphatic rings. The number of hydrogen-bond acceptors (Lipinski definition) is 2. The van der Waals surface area contributed by atoms with Gasteiger partial charge in [-0.15, -0.1) is 0 Å². The normalized spacial score (nSPS) is 11.2. The summed E-state index contributed by atoms with van der Waals surface area (Å²) >= 11 is 18.0. The van der Waals surface area contributed by atoms with Crippen LogP contribution in [-0.2, 0) is 6.42 Å². The number of aromatic nitrogens is 2. The molecule has 2 aromatic rings. The van der Waals surface area contributed by atoms with E-state index < -0.39 is 5.82 Å². The molecule has 2 nitrogen and oxygen atoms in total. The molecule has 1 aromatic heterocycles. The van der Waals surface area contributed by atoms with Crippen LogP contribution in [0.5, 0.6) is 0 Å². The summed E-state index contributed by atoms with van der Waals surface area (Å²) < 4.78 is 13.8. The van der Waals surface area contributed by atoms with Crippen molar-refractivity contribution in [3.05, 3.63) is 56.3 Å². The van der Waals surface area contributed by atoms with Crippen LogP contribution >= 0.6 is 34.8 Å². The van der Waals surface area contributed by atoms with Gasteiger partial charge in [-0.25, -0.2) is 14.4 Å². The topological polar surface area (TPSA) is 25.8 Å². The van der Waals surface area contributed by atoms with Gasteiger partial charge in [0.1, 0.15) is 21.9 Å². The molecule has 6 heteroatoms. The average Bonchev–Trinajstić information content (AvgIpc) is 2.33. The van der Waals surface area contributed by atoms with Gasteiger partial charge < -0.3 is 0 Å². The van der Waals surface area contributed by atoms with E-state index in [1.165, 1.54) is 6.07 Å². The van der Waals surface area contributed by atoms with Crippen molar-refractivity contribution in [3.63, 3.8) is 0 Å². The third kappa shape index (κ3) is 3.22. The van der Waals surface area contributed by atoms with E-state index >= 15 is 0 Å². The number of rotatable bonds is 3. The van der Waals surface area contributed by atoms with Crippen LogP contribution < -0.4 is 0 Å². The zero-order chi connectivity index (χ0) is 14.9. The highest BCUT2D eigenvalue weighted by molar-refractivity contribution is 6.34. The zero-order valence-corrected chi connectivity index (χ0v) is 13.2. The van der Waals surface area contributed by atoms with Gasteiger partial charge in [-0.1, -0.05) is 60.8 Å². The van der Waals surface area contributed by atoms with Crippen molar-refractivity contribution in [2.45, 2.75) is 26.2 Å². The van der Waals surface area contributed by atoms with Gasteiger partial charge in [0.2, 0.25) is 0 Å². The van der Waals surface area contributed by atoms with Crippen LogP contribution in [-0.4, -0.2) is 9.97 Å². The first kappa shape index (κ1) is 15.5. The molecule has 0 atom stereocenters. The van der Waals surface area contributed by atoms with Gasteiger partial charge in [0.25, 0.3) is 0 Å². The molecule has 0 aliphatic heterocycles. The number of hydrogen-bond donors (Lipinski definition) is 0. The fraction of sp³-hybridized carbons (Fsp3) is 0.286. The summed E-state index contributed by atoms with van der Waals surface area (Å²) in [5.41, 5.74) is 1.10. The summed E-state index contributed by atoms with van der Waals surface area (Å²) in [6, 6.07) is 4.79. The maximum absolute atomic E-state index is 13.8. The van der Waals surface area contributed by atoms with Crippen molar-refractivity contribution in [2.75, 3.05) is 0 Å². The zero-order valence-electron chi connectivity index (χ0n) is 10.9. The van der Waals surface area contributed by atoms with E-state index in [2.05, 4.69) is 9.97 Å². The van der Waals surface area contributed by atoms with Crippen molar-refractivity contribution < 1.29 is 4.39 Å². The summed E-state index contributed by atoms with van der Waals surface area (Å²) in [4.78, 5) is 8.36. The molecule has 0 radical (unpaired) electrons. The van der Waals surface area contributed by atoms with E-state index in [0.29, 0.717) is 27.3 Å². The number of halogens is 4. The summed E-state index contributed by atoms with van der Waals surface area (Å²) in [5, 5.41) is 0.674. The fourth-order valence-electron chi connectivity index (χ4n) is 1.87. The van der Waals surface area contributed by atoms with E-state index in [0.717, 1.165) is 0 Å². The van der Waals surface area contributed by atoms with Crippen molar-refractivity contribution >= 4 is 34.8 Å². The predicted molar refractivity (Wildman–Crippen MR) is 80.4 cm³/mol. The van der Waals surface area contributed by atoms with Crippen LogP contribution in [0.1, 0.15) is 36.7 Å². The summed E-state index contributed by atoms with van der Waals surface area (Å²) in [6.07, 6.45) is 0.185. The first-order valence-corrected chi connectivity index (χ1v) is 7.18. The lowest BCUT2D eigenvalue weighted by Gasteiger charge is -2.11. The smallest absolute Gasteiger partial charge is 0.145 e. The van der Waals surface area contributed by atoms with Gasteiger partial charge in [0.05, 0.1) is 5.02 Å². The highest BCUT2D eigenvalue weighted by Gasteiger charge is 2.16. The molecule has 106 valence electrons. The van der Waals surface area contributed by atoms with Crippen LogP contribution in [0.15, 0.2) is 18.2 Å². The molecule has 0 aliphatic carbocycles. The molecule has 0 unspecified atom stereocenters. The lowest BCUT2D eigenvalue weighted by Crippen LogP contribution is -2.04. The average molecular weight is 334 g/mol. The number of benzene rings is 1. The Kier molecular flexibility index (Phi) is 4.84. The minimum atomic E-state index is -0.474. The second-order valence-electron chi connectivity index (χ2n) is 4.68. The SMILES string of the molecule is CC(C)c1c(Cl)nc(Cc2cccc(Cl)c2F)nc1Cl. The molecular formula is C14H12Cl3FN2. The summed E-state index contributed by atoms with van der Waals surface area (Å²) in [7, 11) is 0. The van der Waals surface area contributed by atoms with Crippen molar-refractivity contribution in [1.29, 1.82) is 0 Å². The molecule has 1 heterocycles. The fourth-order valence-corrected chi connectivity index (χ4v) is 2.92. The molecule has 0 saturated carbocycles. The Morgan fingerprint density at radius 2 is 1.70 bits per heavy atom. The third-order valence-electron chi connectivity index (χ3n) is 2.86. The van der Waals surface area contributed by atoms with Crippen molar-refractivity contribution in [2.24, 2.45) is 0 Å². The van der Waals surface area contributed by atoms with Crippen LogP contribution in [0.2, 0.25) is 15.3 Å². The molecule has 0 saturated heterocycles. The second kappa shape index (κ2) is 6.25. The largest absolute Gasteiger partial charge is 0.220 e. The molecule has 0 bridgehead atoms. The van der Waals surface area contributed by atoms with Crippen molar-refractivity contribution in [1.82, 2.24) is 9.97 Å². The lowest BCUT2D eigenvalue weighted by atomic mass is 10.1. The van der Waals surface area contributed by atoms with Crippen LogP contribution in [0, 0.1) is 5.82 Å². The van der Waals surface area contributed by atoms with E-state index in [1.54, 1.807) is 12.1 Å². The second-order valence-corrected chi connectivity index (χ2v) is 5.80. The molecular weight excluding hydrogens is 322 g/mol. The van der Waals surface area contributed by atoms with Crippen LogP contribution in [0.25, 0.3) is 0 Å².